The van der Waals surface area contributed by atoms with E-state index in [0.717, 1.165) is 19.0 Å². The van der Waals surface area contributed by atoms with Crippen molar-refractivity contribution in [2.45, 2.75) is 45.7 Å². The van der Waals surface area contributed by atoms with Crippen molar-refractivity contribution in [1.82, 2.24) is 10.2 Å². The molecule has 0 spiro atoms. The number of hydrogen-bond acceptors (Lipinski definition) is 2. The van der Waals surface area contributed by atoms with Gasteiger partial charge in [-0.25, -0.2) is 0 Å². The molecule has 1 N–H and O–H groups in total. The average molecular weight is 260 g/mol. The van der Waals surface area contributed by atoms with Crippen molar-refractivity contribution in [3.63, 3.8) is 0 Å². The molecule has 1 heterocycles. The smallest absolute Gasteiger partial charge is 0.0473 e. The molecule has 2 unspecified atom stereocenters. The molecule has 19 heavy (non-hydrogen) atoms. The Morgan fingerprint density at radius 3 is 2.53 bits per heavy atom. The van der Waals surface area contributed by atoms with Crippen molar-refractivity contribution in [2.24, 2.45) is 5.92 Å². The van der Waals surface area contributed by atoms with E-state index in [2.05, 4.69) is 61.3 Å². The van der Waals surface area contributed by atoms with Crippen LogP contribution in [-0.4, -0.2) is 30.6 Å². The molecule has 1 saturated heterocycles. The van der Waals surface area contributed by atoms with Crippen LogP contribution < -0.4 is 5.32 Å². The normalized spacial score (nSPS) is 24.8. The average Bonchev–Trinajstić information content (AvgIpc) is 2.46. The molecule has 2 atom stereocenters. The van der Waals surface area contributed by atoms with Crippen LogP contribution in [-0.2, 0) is 0 Å². The largest absolute Gasteiger partial charge is 0.311 e. The topological polar surface area (TPSA) is 15.3 Å². The minimum absolute atomic E-state index is 0.540. The molecule has 0 aliphatic carbocycles. The third-order valence-electron chi connectivity index (χ3n) is 4.44. The maximum Gasteiger partial charge on any atom is 0.0473 e. The van der Waals surface area contributed by atoms with E-state index in [0.29, 0.717) is 12.1 Å². The van der Waals surface area contributed by atoms with Crippen LogP contribution in [0.1, 0.15) is 45.2 Å². The quantitative estimate of drug-likeness (QED) is 0.872. The molecule has 2 rings (SSSR count). The maximum absolute atomic E-state index is 3.63. The summed E-state index contributed by atoms with van der Waals surface area (Å²) in [6, 6.07) is 12.1. The van der Waals surface area contributed by atoms with Crippen molar-refractivity contribution in [1.29, 1.82) is 0 Å². The van der Waals surface area contributed by atoms with Crippen molar-refractivity contribution < 1.29 is 0 Å². The van der Waals surface area contributed by atoms with Gasteiger partial charge in [0, 0.05) is 31.7 Å². The van der Waals surface area contributed by atoms with Crippen LogP contribution in [0.2, 0.25) is 0 Å². The molecule has 1 fully saturated rings. The van der Waals surface area contributed by atoms with Gasteiger partial charge in [0.1, 0.15) is 0 Å². The number of nitrogens with one attached hydrogen (secondary N) is 1. The molecule has 1 aromatic carbocycles. The maximum atomic E-state index is 3.63. The highest BCUT2D eigenvalue weighted by Gasteiger charge is 2.27. The minimum Gasteiger partial charge on any atom is -0.311 e. The van der Waals surface area contributed by atoms with E-state index in [9.17, 15) is 0 Å². The highest BCUT2D eigenvalue weighted by atomic mass is 15.2. The molecule has 106 valence electrons. The molecule has 0 amide bonds. The summed E-state index contributed by atoms with van der Waals surface area (Å²) in [5.74, 6) is 0.830. The Morgan fingerprint density at radius 1 is 1.21 bits per heavy atom. The molecule has 1 aliphatic heterocycles. The fourth-order valence-corrected chi connectivity index (χ4v) is 3.07. The standard InChI is InChI=1S/C17H28N2/c1-4-15(5-2)13-19-12-14(3)18-11-17(19)16-9-7-6-8-10-16/h6-10,14-15,17-18H,4-5,11-13H2,1-3H3. The summed E-state index contributed by atoms with van der Waals surface area (Å²) in [6.45, 7) is 10.4. The second-order valence-electron chi connectivity index (χ2n) is 5.87. The van der Waals surface area contributed by atoms with Gasteiger partial charge in [0.05, 0.1) is 0 Å². The first kappa shape index (κ1) is 14.5. The number of hydrogen-bond donors (Lipinski definition) is 1. The van der Waals surface area contributed by atoms with Crippen molar-refractivity contribution in [3.05, 3.63) is 35.9 Å². The molecule has 0 radical (unpaired) electrons. The first-order valence-electron chi connectivity index (χ1n) is 7.77. The van der Waals surface area contributed by atoms with Gasteiger partial charge in [0.2, 0.25) is 0 Å². The van der Waals surface area contributed by atoms with Crippen LogP contribution in [0.15, 0.2) is 30.3 Å². The second-order valence-corrected chi connectivity index (χ2v) is 5.87. The Labute approximate surface area is 118 Å². The van der Waals surface area contributed by atoms with E-state index in [-0.39, 0.29) is 0 Å². The molecular weight excluding hydrogens is 232 g/mol. The van der Waals surface area contributed by atoms with Crippen LogP contribution in [0, 0.1) is 5.92 Å². The summed E-state index contributed by atoms with van der Waals surface area (Å²) in [5, 5.41) is 3.63. The van der Waals surface area contributed by atoms with E-state index in [1.807, 2.05) is 0 Å². The molecule has 1 aliphatic rings. The van der Waals surface area contributed by atoms with E-state index >= 15 is 0 Å². The molecule has 1 aromatic rings. The zero-order chi connectivity index (χ0) is 13.7. The van der Waals surface area contributed by atoms with Gasteiger partial charge in [-0.3, -0.25) is 4.90 Å². The zero-order valence-corrected chi connectivity index (χ0v) is 12.6. The van der Waals surface area contributed by atoms with Crippen LogP contribution in [0.4, 0.5) is 0 Å². The summed E-state index contributed by atoms with van der Waals surface area (Å²) in [6.07, 6.45) is 2.58. The molecule has 2 nitrogen and oxygen atoms in total. The number of piperazine rings is 1. The van der Waals surface area contributed by atoms with Crippen LogP contribution in [0.5, 0.6) is 0 Å². The SMILES string of the molecule is CCC(CC)CN1CC(C)NCC1c1ccccc1. The van der Waals surface area contributed by atoms with E-state index in [4.69, 9.17) is 0 Å². The third-order valence-corrected chi connectivity index (χ3v) is 4.44. The van der Waals surface area contributed by atoms with Crippen LogP contribution >= 0.6 is 0 Å². The molecular formula is C17H28N2. The summed E-state index contributed by atoms with van der Waals surface area (Å²) >= 11 is 0. The monoisotopic (exact) mass is 260 g/mol. The molecule has 0 saturated carbocycles. The molecule has 0 bridgehead atoms. The fraction of sp³-hybridized carbons (Fsp3) is 0.647. The van der Waals surface area contributed by atoms with Gasteiger partial charge in [-0.05, 0) is 18.4 Å². The molecule has 0 aromatic heterocycles. The Kier molecular flexibility index (Phi) is 5.41. The predicted molar refractivity (Wildman–Crippen MR) is 82.3 cm³/mol. The number of nitrogens with zero attached hydrogens (tertiary/aromatic N) is 1. The lowest BCUT2D eigenvalue weighted by Gasteiger charge is -2.41. The summed E-state index contributed by atoms with van der Waals surface area (Å²) in [4.78, 5) is 2.69. The first-order chi connectivity index (χ1) is 9.24. The van der Waals surface area contributed by atoms with Gasteiger partial charge in [-0.1, -0.05) is 57.0 Å². The third kappa shape index (κ3) is 3.80. The van der Waals surface area contributed by atoms with Gasteiger partial charge in [0.15, 0.2) is 0 Å². The summed E-state index contributed by atoms with van der Waals surface area (Å²) in [5.41, 5.74) is 1.45. The van der Waals surface area contributed by atoms with Crippen LogP contribution in [0.25, 0.3) is 0 Å². The fourth-order valence-electron chi connectivity index (χ4n) is 3.07. The number of benzene rings is 1. The lowest BCUT2D eigenvalue weighted by molar-refractivity contribution is 0.112. The lowest BCUT2D eigenvalue weighted by Crippen LogP contribution is -2.52. The molecule has 2 heteroatoms. The highest BCUT2D eigenvalue weighted by Crippen LogP contribution is 2.25. The Balaban J connectivity index is 2.10. The van der Waals surface area contributed by atoms with E-state index < -0.39 is 0 Å². The van der Waals surface area contributed by atoms with Crippen molar-refractivity contribution in [3.8, 4) is 0 Å². The first-order valence-corrected chi connectivity index (χ1v) is 7.77. The Hall–Kier alpha value is -0.860. The zero-order valence-electron chi connectivity index (χ0n) is 12.6. The van der Waals surface area contributed by atoms with Gasteiger partial charge in [-0.2, -0.15) is 0 Å². The highest BCUT2D eigenvalue weighted by molar-refractivity contribution is 5.20. The summed E-state index contributed by atoms with van der Waals surface area (Å²) < 4.78 is 0. The van der Waals surface area contributed by atoms with Gasteiger partial charge in [-0.15, -0.1) is 0 Å². The van der Waals surface area contributed by atoms with Crippen molar-refractivity contribution >= 4 is 0 Å². The van der Waals surface area contributed by atoms with E-state index in [1.165, 1.54) is 24.9 Å². The van der Waals surface area contributed by atoms with Gasteiger partial charge < -0.3 is 5.32 Å². The summed E-state index contributed by atoms with van der Waals surface area (Å²) in [7, 11) is 0. The van der Waals surface area contributed by atoms with E-state index in [1.54, 1.807) is 0 Å². The number of rotatable bonds is 5. The minimum atomic E-state index is 0.540. The van der Waals surface area contributed by atoms with Gasteiger partial charge in [0.25, 0.3) is 0 Å². The van der Waals surface area contributed by atoms with Crippen molar-refractivity contribution in [2.75, 3.05) is 19.6 Å². The Morgan fingerprint density at radius 2 is 1.89 bits per heavy atom. The second kappa shape index (κ2) is 7.06. The van der Waals surface area contributed by atoms with Crippen LogP contribution in [0.3, 0.4) is 0 Å². The lowest BCUT2D eigenvalue weighted by atomic mass is 9.97. The van der Waals surface area contributed by atoms with Gasteiger partial charge >= 0.3 is 0 Å². The Bertz CT molecular complexity index is 359. The predicted octanol–water partition coefficient (Wildman–Crippen LogP) is 3.46.